The lowest BCUT2D eigenvalue weighted by Gasteiger charge is -2.08. The summed E-state index contributed by atoms with van der Waals surface area (Å²) in [6.07, 6.45) is 0.161. The molecule has 0 radical (unpaired) electrons. The van der Waals surface area contributed by atoms with Crippen molar-refractivity contribution in [3.63, 3.8) is 0 Å². The Bertz CT molecular complexity index is 472. The summed E-state index contributed by atoms with van der Waals surface area (Å²) < 4.78 is 31.9. The topological polar surface area (TPSA) is 116 Å². The Kier molecular flexibility index (Phi) is 4.58. The van der Waals surface area contributed by atoms with Gasteiger partial charge in [0.25, 0.3) is 0 Å². The molecule has 7 nitrogen and oxygen atoms in total. The van der Waals surface area contributed by atoms with Gasteiger partial charge in [0.05, 0.1) is 0 Å². The minimum atomic E-state index is -4.82. The Hall–Kier alpha value is -1.48. The average Bonchev–Trinajstić information content (AvgIpc) is 2.26. The van der Waals surface area contributed by atoms with E-state index in [2.05, 4.69) is 9.22 Å². The third kappa shape index (κ3) is 5.41. The van der Waals surface area contributed by atoms with Crippen LogP contribution in [0.4, 0.5) is 0 Å². The molecule has 1 aromatic carbocycles. The fraction of sp³-hybridized carbons (Fsp3) is 0.222. The molecule has 1 atom stereocenters. The molecule has 1 aromatic rings. The summed E-state index contributed by atoms with van der Waals surface area (Å²) in [5, 5.41) is 0. The van der Waals surface area contributed by atoms with Gasteiger partial charge < -0.3 is 5.73 Å². The van der Waals surface area contributed by atoms with E-state index in [-0.39, 0.29) is 6.42 Å². The van der Waals surface area contributed by atoms with E-state index in [9.17, 15) is 13.2 Å². The van der Waals surface area contributed by atoms with E-state index in [1.54, 1.807) is 30.3 Å². The summed E-state index contributed by atoms with van der Waals surface area (Å²) in [4.78, 5) is 15.0. The molecule has 1 rings (SSSR count). The number of hydrogen-bond acceptors (Lipinski definition) is 6. The van der Waals surface area contributed by atoms with Crippen LogP contribution in [0.25, 0.3) is 0 Å². The molecule has 0 heterocycles. The number of nitrogens with two attached hydrogens (primary N) is 1. The van der Waals surface area contributed by atoms with Crippen LogP contribution in [0.5, 0.6) is 0 Å². The van der Waals surface area contributed by atoms with Gasteiger partial charge in [0.15, 0.2) is 0 Å². The molecule has 0 aliphatic carbocycles. The molecule has 1 unspecified atom stereocenters. The fourth-order valence-electron chi connectivity index (χ4n) is 1.09. The maximum absolute atomic E-state index is 11.1. The zero-order valence-corrected chi connectivity index (χ0v) is 9.46. The second-order valence-corrected chi connectivity index (χ2v) is 4.19. The summed E-state index contributed by atoms with van der Waals surface area (Å²) in [5.41, 5.74) is 6.23. The Labute approximate surface area is 98.0 Å². The molecule has 0 saturated heterocycles. The first-order chi connectivity index (χ1) is 7.88. The van der Waals surface area contributed by atoms with Crippen LogP contribution in [0.1, 0.15) is 5.56 Å². The van der Waals surface area contributed by atoms with Gasteiger partial charge in [-0.25, -0.2) is 4.79 Å². The van der Waals surface area contributed by atoms with Gasteiger partial charge in [-0.1, -0.05) is 30.3 Å². The van der Waals surface area contributed by atoms with E-state index in [4.69, 9.17) is 10.3 Å². The van der Waals surface area contributed by atoms with Gasteiger partial charge in [-0.05, 0) is 16.3 Å². The summed E-state index contributed by atoms with van der Waals surface area (Å²) in [5.74, 6) is -1.09. The molecule has 17 heavy (non-hydrogen) atoms. The highest BCUT2D eigenvalue weighted by Crippen LogP contribution is 2.03. The molecule has 0 spiro atoms. The molecule has 0 saturated carbocycles. The van der Waals surface area contributed by atoms with Crippen molar-refractivity contribution in [2.24, 2.45) is 5.73 Å². The van der Waals surface area contributed by atoms with E-state index < -0.39 is 22.4 Å². The van der Waals surface area contributed by atoms with Crippen molar-refractivity contribution >= 4 is 16.4 Å². The second kappa shape index (κ2) is 5.73. The molecule has 8 heteroatoms. The van der Waals surface area contributed by atoms with Crippen LogP contribution in [0.15, 0.2) is 30.3 Å². The van der Waals surface area contributed by atoms with Crippen LogP contribution < -0.4 is 5.73 Å². The van der Waals surface area contributed by atoms with Crippen LogP contribution in [0, 0.1) is 0 Å². The highest BCUT2D eigenvalue weighted by Gasteiger charge is 2.19. The van der Waals surface area contributed by atoms with E-state index in [1.807, 2.05) is 0 Å². The quantitative estimate of drug-likeness (QED) is 0.429. The first-order valence-corrected chi connectivity index (χ1v) is 5.92. The Morgan fingerprint density at radius 3 is 2.47 bits per heavy atom. The third-order valence-corrected chi connectivity index (χ3v) is 2.04. The van der Waals surface area contributed by atoms with Crippen molar-refractivity contribution in [3.8, 4) is 0 Å². The van der Waals surface area contributed by atoms with Gasteiger partial charge in [0.1, 0.15) is 6.04 Å². The summed E-state index contributed by atoms with van der Waals surface area (Å²) in [7, 11) is -4.82. The van der Waals surface area contributed by atoms with Crippen molar-refractivity contribution in [3.05, 3.63) is 35.9 Å². The number of rotatable bonds is 5. The van der Waals surface area contributed by atoms with Gasteiger partial charge >= 0.3 is 16.4 Å². The molecule has 0 aromatic heterocycles. The predicted molar refractivity (Wildman–Crippen MR) is 56.8 cm³/mol. The number of carbonyl (C=O) groups is 1. The minimum absolute atomic E-state index is 0.161. The lowest BCUT2D eigenvalue weighted by Crippen LogP contribution is -2.34. The van der Waals surface area contributed by atoms with Gasteiger partial charge in [0, 0.05) is 0 Å². The number of benzene rings is 1. The predicted octanol–water partition coefficient (Wildman–Crippen LogP) is -0.166. The van der Waals surface area contributed by atoms with Crippen LogP contribution in [0.2, 0.25) is 0 Å². The molecular weight excluding hydrogens is 250 g/mol. The molecule has 0 bridgehead atoms. The van der Waals surface area contributed by atoms with Gasteiger partial charge in [-0.2, -0.15) is 8.42 Å². The van der Waals surface area contributed by atoms with Gasteiger partial charge in [0.2, 0.25) is 0 Å². The van der Waals surface area contributed by atoms with E-state index in [0.29, 0.717) is 0 Å². The minimum Gasteiger partial charge on any atom is -0.318 e. The SMILES string of the molecule is NC(Cc1ccccc1)C(=O)OOS(=O)(=O)O. The second-order valence-electron chi connectivity index (χ2n) is 3.19. The van der Waals surface area contributed by atoms with Gasteiger partial charge in [-0.3, -0.25) is 9.44 Å². The fourth-order valence-corrected chi connectivity index (χ4v) is 1.24. The molecule has 94 valence electrons. The Morgan fingerprint density at radius 2 is 1.94 bits per heavy atom. The molecule has 0 aliphatic heterocycles. The van der Waals surface area contributed by atoms with Crippen LogP contribution in [0.3, 0.4) is 0 Å². The van der Waals surface area contributed by atoms with Crippen LogP contribution in [-0.4, -0.2) is 25.0 Å². The van der Waals surface area contributed by atoms with Crippen molar-refractivity contribution in [2.45, 2.75) is 12.5 Å². The lowest BCUT2D eigenvalue weighted by molar-refractivity contribution is -0.216. The van der Waals surface area contributed by atoms with Crippen molar-refractivity contribution in [1.82, 2.24) is 0 Å². The van der Waals surface area contributed by atoms with E-state index in [0.717, 1.165) is 5.56 Å². The highest BCUT2D eigenvalue weighted by molar-refractivity contribution is 7.80. The third-order valence-electron chi connectivity index (χ3n) is 1.80. The molecule has 0 amide bonds. The smallest absolute Gasteiger partial charge is 0.318 e. The monoisotopic (exact) mass is 261 g/mol. The molecule has 3 N–H and O–H groups in total. The van der Waals surface area contributed by atoms with Crippen molar-refractivity contribution in [2.75, 3.05) is 0 Å². The summed E-state index contributed by atoms with van der Waals surface area (Å²) in [6, 6.07) is 7.74. The van der Waals surface area contributed by atoms with Gasteiger partial charge in [-0.15, -0.1) is 0 Å². The average molecular weight is 261 g/mol. The zero-order chi connectivity index (χ0) is 12.9. The number of carbonyl (C=O) groups excluding carboxylic acids is 1. The number of hydrogen-bond donors (Lipinski definition) is 2. The van der Waals surface area contributed by atoms with E-state index in [1.165, 1.54) is 0 Å². The van der Waals surface area contributed by atoms with Crippen molar-refractivity contribution in [1.29, 1.82) is 0 Å². The van der Waals surface area contributed by atoms with Crippen LogP contribution >= 0.6 is 0 Å². The molecule has 0 fully saturated rings. The first kappa shape index (κ1) is 13.6. The lowest BCUT2D eigenvalue weighted by atomic mass is 10.1. The first-order valence-electron chi connectivity index (χ1n) is 4.55. The largest absolute Gasteiger partial charge is 0.432 e. The normalized spacial score (nSPS) is 13.1. The molecular formula is C9H11NO6S. The maximum atomic E-state index is 11.1. The Morgan fingerprint density at radius 1 is 1.35 bits per heavy atom. The van der Waals surface area contributed by atoms with Crippen molar-refractivity contribution < 1.29 is 27.0 Å². The maximum Gasteiger partial charge on any atom is 0.432 e. The van der Waals surface area contributed by atoms with E-state index >= 15 is 0 Å². The highest BCUT2D eigenvalue weighted by atomic mass is 32.3. The summed E-state index contributed by atoms with van der Waals surface area (Å²) >= 11 is 0. The van der Waals surface area contributed by atoms with Crippen LogP contribution in [-0.2, 0) is 30.8 Å². The Balaban J connectivity index is 2.48. The zero-order valence-electron chi connectivity index (χ0n) is 8.65. The summed E-state index contributed by atoms with van der Waals surface area (Å²) in [6.45, 7) is 0. The molecule has 0 aliphatic rings. The standard InChI is InChI=1S/C9H11NO6S/c10-8(6-7-4-2-1-3-5-7)9(11)15-16-17(12,13)14/h1-5,8H,6,10H2,(H,12,13,14).